The van der Waals surface area contributed by atoms with Crippen molar-refractivity contribution in [3.8, 4) is 0 Å². The summed E-state index contributed by atoms with van der Waals surface area (Å²) in [6.07, 6.45) is 7.61. The fraction of sp³-hybridized carbons (Fsp3) is 0.533. The highest BCUT2D eigenvalue weighted by molar-refractivity contribution is 7.88. The van der Waals surface area contributed by atoms with Crippen LogP contribution in [0.5, 0.6) is 0 Å². The first-order valence-electron chi connectivity index (χ1n) is 7.35. The molecule has 2 aliphatic rings. The van der Waals surface area contributed by atoms with Gasteiger partial charge in [-0.2, -0.15) is 0 Å². The molecule has 120 valence electrons. The number of hydrogen-bond acceptors (Lipinski definition) is 4. The van der Waals surface area contributed by atoms with Gasteiger partial charge in [-0.3, -0.25) is 4.79 Å². The number of rotatable bonds is 3. The molecule has 1 aromatic rings. The first-order chi connectivity index (χ1) is 10.4. The molecular formula is C15H20N2O4S. The average Bonchev–Trinajstić information content (AvgIpc) is 3.13. The molecule has 1 aromatic heterocycles. The molecule has 1 amide bonds. The zero-order valence-electron chi connectivity index (χ0n) is 12.7. The molecule has 1 aliphatic heterocycles. The molecule has 1 fully saturated rings. The molecule has 0 spiro atoms. The second kappa shape index (κ2) is 5.55. The van der Waals surface area contributed by atoms with Crippen LogP contribution in [0.25, 0.3) is 0 Å². The first kappa shape index (κ1) is 15.3. The molecule has 22 heavy (non-hydrogen) atoms. The fourth-order valence-electron chi connectivity index (χ4n) is 3.11. The minimum atomic E-state index is -3.65. The lowest BCUT2D eigenvalue weighted by atomic mass is 9.86. The van der Waals surface area contributed by atoms with Crippen LogP contribution in [0.15, 0.2) is 34.0 Å². The second-order valence-corrected chi connectivity index (χ2v) is 8.20. The zero-order chi connectivity index (χ0) is 15.9. The van der Waals surface area contributed by atoms with Crippen molar-refractivity contribution >= 4 is 15.9 Å². The van der Waals surface area contributed by atoms with E-state index in [0.717, 1.165) is 30.2 Å². The summed E-state index contributed by atoms with van der Waals surface area (Å²) in [4.78, 5) is 14.3. The van der Waals surface area contributed by atoms with Gasteiger partial charge in [0.2, 0.25) is 5.09 Å². The molecule has 7 heteroatoms. The van der Waals surface area contributed by atoms with Gasteiger partial charge in [-0.05, 0) is 24.7 Å². The van der Waals surface area contributed by atoms with Crippen LogP contribution >= 0.6 is 0 Å². The molecule has 6 nitrogen and oxygen atoms in total. The lowest BCUT2D eigenvalue weighted by Crippen LogP contribution is -2.28. The minimum Gasteiger partial charge on any atom is -0.451 e. The highest BCUT2D eigenvalue weighted by Gasteiger charge is 2.36. The molecule has 0 radical (unpaired) electrons. The summed E-state index contributed by atoms with van der Waals surface area (Å²) < 4.78 is 30.2. The maximum atomic E-state index is 12.5. The van der Waals surface area contributed by atoms with Crippen molar-refractivity contribution in [2.24, 2.45) is 11.8 Å². The maximum Gasteiger partial charge on any atom is 0.275 e. The Morgan fingerprint density at radius 1 is 1.23 bits per heavy atom. The molecule has 0 aromatic carbocycles. The van der Waals surface area contributed by atoms with Crippen LogP contribution < -0.4 is 0 Å². The standard InChI is InChI=1S/C15H20N2O4S/c1-16(2)22(19,20)14-7-13(10-21-14)15(18)17-8-11-5-3-4-6-12(11)9-17/h3-4,7,10-12H,5-6,8-9H2,1-2H3/t11-,12-/m0/s1. The Labute approximate surface area is 130 Å². The van der Waals surface area contributed by atoms with Crippen LogP contribution in [0, 0.1) is 11.8 Å². The number of furan rings is 1. The molecule has 0 bridgehead atoms. The van der Waals surface area contributed by atoms with Crippen LogP contribution in [0.1, 0.15) is 23.2 Å². The van der Waals surface area contributed by atoms with Crippen molar-refractivity contribution in [3.63, 3.8) is 0 Å². The molecule has 1 saturated heterocycles. The summed E-state index contributed by atoms with van der Waals surface area (Å²) in [7, 11) is -0.792. The Hall–Kier alpha value is -1.60. The van der Waals surface area contributed by atoms with Gasteiger partial charge in [0.25, 0.3) is 15.9 Å². The Kier molecular flexibility index (Phi) is 3.86. The molecule has 2 heterocycles. The summed E-state index contributed by atoms with van der Waals surface area (Å²) in [6, 6.07) is 1.32. The lowest BCUT2D eigenvalue weighted by molar-refractivity contribution is 0.0783. The predicted molar refractivity (Wildman–Crippen MR) is 80.8 cm³/mol. The Morgan fingerprint density at radius 3 is 2.36 bits per heavy atom. The lowest BCUT2D eigenvalue weighted by Gasteiger charge is -2.17. The summed E-state index contributed by atoms with van der Waals surface area (Å²) in [6.45, 7) is 1.46. The van der Waals surface area contributed by atoms with E-state index < -0.39 is 10.0 Å². The van der Waals surface area contributed by atoms with Gasteiger partial charge in [0, 0.05) is 33.3 Å². The van der Waals surface area contributed by atoms with Crippen molar-refractivity contribution in [1.82, 2.24) is 9.21 Å². The third kappa shape index (κ3) is 2.59. The zero-order valence-corrected chi connectivity index (χ0v) is 13.5. The van der Waals surface area contributed by atoms with Gasteiger partial charge < -0.3 is 9.32 Å². The van der Waals surface area contributed by atoms with Crippen LogP contribution in [-0.2, 0) is 10.0 Å². The largest absolute Gasteiger partial charge is 0.451 e. The van der Waals surface area contributed by atoms with E-state index in [1.165, 1.54) is 26.4 Å². The van der Waals surface area contributed by atoms with Gasteiger partial charge >= 0.3 is 0 Å². The molecule has 0 unspecified atom stereocenters. The Balaban J connectivity index is 1.76. The van der Waals surface area contributed by atoms with Gasteiger partial charge in [0.1, 0.15) is 6.26 Å². The molecule has 0 saturated carbocycles. The molecule has 1 aliphatic carbocycles. The van der Waals surface area contributed by atoms with E-state index in [0.29, 0.717) is 17.4 Å². The van der Waals surface area contributed by atoms with E-state index in [9.17, 15) is 13.2 Å². The van der Waals surface area contributed by atoms with Gasteiger partial charge in [-0.25, -0.2) is 12.7 Å². The maximum absolute atomic E-state index is 12.5. The third-order valence-corrected chi connectivity index (χ3v) is 6.15. The van der Waals surface area contributed by atoms with Crippen molar-refractivity contribution in [2.45, 2.75) is 17.9 Å². The molecular weight excluding hydrogens is 304 g/mol. The number of carbonyl (C=O) groups excluding carboxylic acids is 1. The van der Waals surface area contributed by atoms with E-state index in [-0.39, 0.29) is 11.0 Å². The molecule has 3 rings (SSSR count). The van der Waals surface area contributed by atoms with Crippen LogP contribution in [-0.4, -0.2) is 50.7 Å². The number of likely N-dealkylation sites (tertiary alicyclic amines) is 1. The van der Waals surface area contributed by atoms with E-state index >= 15 is 0 Å². The molecule has 2 atom stereocenters. The first-order valence-corrected chi connectivity index (χ1v) is 8.79. The summed E-state index contributed by atoms with van der Waals surface area (Å²) in [5, 5.41) is -0.195. The van der Waals surface area contributed by atoms with E-state index in [1.807, 2.05) is 0 Å². The van der Waals surface area contributed by atoms with Crippen LogP contribution in [0.3, 0.4) is 0 Å². The van der Waals surface area contributed by atoms with Gasteiger partial charge in [-0.15, -0.1) is 0 Å². The summed E-state index contributed by atoms with van der Waals surface area (Å²) in [5.41, 5.74) is 0.298. The van der Waals surface area contributed by atoms with Gasteiger partial charge in [0.15, 0.2) is 0 Å². The van der Waals surface area contributed by atoms with E-state index in [1.54, 1.807) is 4.90 Å². The van der Waals surface area contributed by atoms with Gasteiger partial charge in [-0.1, -0.05) is 12.2 Å². The molecule has 0 N–H and O–H groups in total. The number of nitrogens with zero attached hydrogens (tertiary/aromatic N) is 2. The Bertz CT molecular complexity index is 689. The normalized spacial score (nSPS) is 24.8. The highest BCUT2D eigenvalue weighted by atomic mass is 32.2. The number of fused-ring (bicyclic) bond motifs is 1. The number of amides is 1. The number of carbonyl (C=O) groups is 1. The number of hydrogen-bond donors (Lipinski definition) is 0. The van der Waals surface area contributed by atoms with Gasteiger partial charge in [0.05, 0.1) is 5.56 Å². The predicted octanol–water partition coefficient (Wildman–Crippen LogP) is 1.57. The van der Waals surface area contributed by atoms with Crippen molar-refractivity contribution in [2.75, 3.05) is 27.2 Å². The smallest absolute Gasteiger partial charge is 0.275 e. The topological polar surface area (TPSA) is 70.8 Å². The van der Waals surface area contributed by atoms with E-state index in [2.05, 4.69) is 12.2 Å². The number of sulfonamides is 1. The second-order valence-electron chi connectivity index (χ2n) is 6.11. The van der Waals surface area contributed by atoms with Crippen LogP contribution in [0.2, 0.25) is 0 Å². The van der Waals surface area contributed by atoms with Crippen LogP contribution in [0.4, 0.5) is 0 Å². The summed E-state index contributed by atoms with van der Waals surface area (Å²) in [5.74, 6) is 0.884. The quantitative estimate of drug-likeness (QED) is 0.791. The Morgan fingerprint density at radius 2 is 1.82 bits per heavy atom. The van der Waals surface area contributed by atoms with Crippen molar-refractivity contribution in [1.29, 1.82) is 0 Å². The van der Waals surface area contributed by atoms with Crippen molar-refractivity contribution in [3.05, 3.63) is 30.0 Å². The average molecular weight is 324 g/mol. The third-order valence-electron chi connectivity index (χ3n) is 4.47. The fourth-order valence-corrected chi connectivity index (χ4v) is 3.91. The number of allylic oxidation sites excluding steroid dienone is 2. The highest BCUT2D eigenvalue weighted by Crippen LogP contribution is 2.33. The summed E-state index contributed by atoms with van der Waals surface area (Å²) >= 11 is 0. The monoisotopic (exact) mass is 324 g/mol. The van der Waals surface area contributed by atoms with Crippen molar-refractivity contribution < 1.29 is 17.6 Å². The van der Waals surface area contributed by atoms with E-state index in [4.69, 9.17) is 4.42 Å². The minimum absolute atomic E-state index is 0.154. The SMILES string of the molecule is CN(C)S(=O)(=O)c1cc(C(=O)N2C[C@@H]3CC=CC[C@H]3C2)co1.